The number of likely N-dealkylation sites (N-methyl/N-ethyl adjacent to an activating group) is 1. The van der Waals surface area contributed by atoms with Gasteiger partial charge in [-0.2, -0.15) is 5.10 Å². The molecule has 1 aromatic heterocycles. The molecule has 0 saturated heterocycles. The predicted octanol–water partition coefficient (Wildman–Crippen LogP) is 0.534. The summed E-state index contributed by atoms with van der Waals surface area (Å²) in [4.78, 5) is 2.28. The third-order valence-corrected chi connectivity index (χ3v) is 3.36. The monoisotopic (exact) mass is 254 g/mol. The molecule has 0 aromatic carbocycles. The van der Waals surface area contributed by atoms with Crippen molar-refractivity contribution in [2.24, 2.45) is 0 Å². The molecular formula is C13H26N4O. The molecule has 1 heterocycles. The van der Waals surface area contributed by atoms with Crippen LogP contribution in [0.25, 0.3) is 0 Å². The number of hydrogen-bond acceptors (Lipinski definition) is 4. The van der Waals surface area contributed by atoms with Crippen LogP contribution < -0.4 is 5.32 Å². The summed E-state index contributed by atoms with van der Waals surface area (Å²) in [6.07, 6.45) is 0. The van der Waals surface area contributed by atoms with Crippen molar-refractivity contribution in [3.05, 3.63) is 17.0 Å². The minimum atomic E-state index is 0.135. The lowest BCUT2D eigenvalue weighted by Gasteiger charge is -2.14. The van der Waals surface area contributed by atoms with Crippen LogP contribution in [-0.4, -0.2) is 53.1 Å². The molecule has 0 radical (unpaired) electrons. The third-order valence-electron chi connectivity index (χ3n) is 3.36. The van der Waals surface area contributed by atoms with Gasteiger partial charge in [-0.25, -0.2) is 0 Å². The molecule has 0 aliphatic rings. The van der Waals surface area contributed by atoms with Crippen molar-refractivity contribution < 1.29 is 5.11 Å². The maximum atomic E-state index is 8.96. The number of hydrogen-bond donors (Lipinski definition) is 2. The van der Waals surface area contributed by atoms with Gasteiger partial charge in [0, 0.05) is 30.9 Å². The topological polar surface area (TPSA) is 53.3 Å². The Morgan fingerprint density at radius 2 is 2.11 bits per heavy atom. The van der Waals surface area contributed by atoms with Crippen LogP contribution in [0.3, 0.4) is 0 Å². The Balaban J connectivity index is 2.47. The van der Waals surface area contributed by atoms with Gasteiger partial charge in [0.15, 0.2) is 0 Å². The van der Waals surface area contributed by atoms with Gasteiger partial charge in [-0.05, 0) is 27.4 Å². The summed E-state index contributed by atoms with van der Waals surface area (Å²) < 4.78 is 1.88. The van der Waals surface area contributed by atoms with E-state index in [2.05, 4.69) is 36.2 Å². The number of aromatic nitrogens is 2. The van der Waals surface area contributed by atoms with Gasteiger partial charge in [0.1, 0.15) is 0 Å². The van der Waals surface area contributed by atoms with Gasteiger partial charge >= 0.3 is 0 Å². The predicted molar refractivity (Wildman–Crippen MR) is 73.7 cm³/mol. The maximum Gasteiger partial charge on any atom is 0.0644 e. The Morgan fingerprint density at radius 3 is 2.72 bits per heavy atom. The lowest BCUT2D eigenvalue weighted by Crippen LogP contribution is -2.29. The summed E-state index contributed by atoms with van der Waals surface area (Å²) in [7, 11) is 2.12. The average molecular weight is 254 g/mol. The lowest BCUT2D eigenvalue weighted by molar-refractivity contribution is 0.267. The normalized spacial score (nSPS) is 11.4. The minimum Gasteiger partial charge on any atom is -0.394 e. The summed E-state index contributed by atoms with van der Waals surface area (Å²) in [5.41, 5.74) is 3.46. The van der Waals surface area contributed by atoms with E-state index in [-0.39, 0.29) is 6.61 Å². The average Bonchev–Trinajstić information content (AvgIpc) is 2.61. The molecule has 2 N–H and O–H groups in total. The molecular weight excluding hydrogens is 228 g/mol. The van der Waals surface area contributed by atoms with E-state index in [1.54, 1.807) is 0 Å². The van der Waals surface area contributed by atoms with E-state index in [9.17, 15) is 0 Å². The molecule has 0 fully saturated rings. The molecule has 0 aliphatic carbocycles. The number of rotatable bonds is 8. The van der Waals surface area contributed by atoms with Crippen LogP contribution in [0.5, 0.6) is 0 Å². The molecule has 0 amide bonds. The Bertz CT molecular complexity index is 362. The maximum absolute atomic E-state index is 8.96. The smallest absolute Gasteiger partial charge is 0.0644 e. The fourth-order valence-electron chi connectivity index (χ4n) is 1.94. The van der Waals surface area contributed by atoms with E-state index in [1.165, 1.54) is 5.56 Å². The summed E-state index contributed by atoms with van der Waals surface area (Å²) in [5.74, 6) is 0. The van der Waals surface area contributed by atoms with Gasteiger partial charge in [0.25, 0.3) is 0 Å². The second kappa shape index (κ2) is 7.51. The highest BCUT2D eigenvalue weighted by Crippen LogP contribution is 2.12. The molecule has 0 aliphatic heterocycles. The molecule has 0 spiro atoms. The van der Waals surface area contributed by atoms with Crippen molar-refractivity contribution in [2.75, 3.05) is 33.3 Å². The summed E-state index contributed by atoms with van der Waals surface area (Å²) >= 11 is 0. The molecule has 0 unspecified atom stereocenters. The van der Waals surface area contributed by atoms with Crippen molar-refractivity contribution in [3.63, 3.8) is 0 Å². The van der Waals surface area contributed by atoms with Crippen molar-refractivity contribution in [3.8, 4) is 0 Å². The molecule has 1 aromatic rings. The van der Waals surface area contributed by atoms with Crippen LogP contribution in [0.2, 0.25) is 0 Å². The van der Waals surface area contributed by atoms with Crippen LogP contribution >= 0.6 is 0 Å². The van der Waals surface area contributed by atoms with Gasteiger partial charge in [0.2, 0.25) is 0 Å². The number of nitrogens with one attached hydrogen (secondary N) is 1. The summed E-state index contributed by atoms with van der Waals surface area (Å²) in [6.45, 7) is 10.9. The van der Waals surface area contributed by atoms with E-state index in [4.69, 9.17) is 5.11 Å². The zero-order valence-corrected chi connectivity index (χ0v) is 12.0. The van der Waals surface area contributed by atoms with E-state index in [0.717, 1.165) is 37.6 Å². The first-order valence-corrected chi connectivity index (χ1v) is 6.63. The standard InChI is InChI=1S/C13H26N4O/c1-5-16(4)7-6-14-10-13-11(2)15-17(8-9-18)12(13)3/h14,18H,5-10H2,1-4H3. The Labute approximate surface area is 110 Å². The lowest BCUT2D eigenvalue weighted by atomic mass is 10.2. The van der Waals surface area contributed by atoms with Gasteiger partial charge < -0.3 is 15.3 Å². The van der Waals surface area contributed by atoms with E-state index in [0.29, 0.717) is 6.54 Å². The first-order chi connectivity index (χ1) is 8.60. The number of aryl methyl sites for hydroxylation is 1. The molecule has 1 rings (SSSR count). The van der Waals surface area contributed by atoms with E-state index in [1.807, 2.05) is 11.6 Å². The molecule has 0 bridgehead atoms. The summed E-state index contributed by atoms with van der Waals surface area (Å²) in [6, 6.07) is 0. The Morgan fingerprint density at radius 1 is 1.39 bits per heavy atom. The molecule has 5 nitrogen and oxygen atoms in total. The fraction of sp³-hybridized carbons (Fsp3) is 0.769. The molecule has 18 heavy (non-hydrogen) atoms. The number of aliphatic hydroxyl groups excluding tert-OH is 1. The first-order valence-electron chi connectivity index (χ1n) is 6.63. The van der Waals surface area contributed by atoms with Crippen LogP contribution in [-0.2, 0) is 13.1 Å². The van der Waals surface area contributed by atoms with Crippen molar-refractivity contribution in [1.82, 2.24) is 20.0 Å². The van der Waals surface area contributed by atoms with Gasteiger partial charge in [-0.15, -0.1) is 0 Å². The van der Waals surface area contributed by atoms with Gasteiger partial charge in [-0.3, -0.25) is 4.68 Å². The SMILES string of the molecule is CCN(C)CCNCc1c(C)nn(CCO)c1C. The Kier molecular flexibility index (Phi) is 6.32. The van der Waals surface area contributed by atoms with Crippen LogP contribution in [0.15, 0.2) is 0 Å². The van der Waals surface area contributed by atoms with Crippen LogP contribution in [0, 0.1) is 13.8 Å². The number of aliphatic hydroxyl groups is 1. The zero-order chi connectivity index (χ0) is 13.5. The van der Waals surface area contributed by atoms with E-state index < -0.39 is 0 Å². The summed E-state index contributed by atoms with van der Waals surface area (Å²) in [5, 5.41) is 16.8. The Hall–Kier alpha value is -0.910. The third kappa shape index (κ3) is 4.08. The van der Waals surface area contributed by atoms with Crippen molar-refractivity contribution >= 4 is 0 Å². The van der Waals surface area contributed by atoms with Crippen LogP contribution in [0.1, 0.15) is 23.9 Å². The molecule has 0 saturated carbocycles. The highest BCUT2D eigenvalue weighted by molar-refractivity contribution is 5.24. The van der Waals surface area contributed by atoms with Gasteiger partial charge in [-0.1, -0.05) is 6.92 Å². The van der Waals surface area contributed by atoms with Gasteiger partial charge in [0.05, 0.1) is 18.8 Å². The first kappa shape index (κ1) is 15.1. The molecule has 5 heteroatoms. The zero-order valence-electron chi connectivity index (χ0n) is 12.0. The fourth-order valence-corrected chi connectivity index (χ4v) is 1.94. The number of nitrogens with zero attached hydrogens (tertiary/aromatic N) is 3. The van der Waals surface area contributed by atoms with Crippen LogP contribution in [0.4, 0.5) is 0 Å². The highest BCUT2D eigenvalue weighted by Gasteiger charge is 2.10. The highest BCUT2D eigenvalue weighted by atomic mass is 16.3. The van der Waals surface area contributed by atoms with Crippen molar-refractivity contribution in [1.29, 1.82) is 0 Å². The van der Waals surface area contributed by atoms with Crippen molar-refractivity contribution in [2.45, 2.75) is 33.9 Å². The molecule has 104 valence electrons. The minimum absolute atomic E-state index is 0.135. The quantitative estimate of drug-likeness (QED) is 0.665. The largest absolute Gasteiger partial charge is 0.394 e. The second-order valence-electron chi connectivity index (χ2n) is 4.67. The van der Waals surface area contributed by atoms with E-state index >= 15 is 0 Å². The molecule has 0 atom stereocenters. The second-order valence-corrected chi connectivity index (χ2v) is 4.67.